The van der Waals surface area contributed by atoms with Crippen LogP contribution in [0.15, 0.2) is 48.5 Å². The van der Waals surface area contributed by atoms with E-state index in [2.05, 4.69) is 19.9 Å². The van der Waals surface area contributed by atoms with E-state index in [9.17, 15) is 9.67 Å². The van der Waals surface area contributed by atoms with Crippen LogP contribution in [0.5, 0.6) is 11.5 Å². The summed E-state index contributed by atoms with van der Waals surface area (Å²) in [6, 6.07) is 14.8. The summed E-state index contributed by atoms with van der Waals surface area (Å²) in [6.45, 7) is 8.50. The highest BCUT2D eigenvalue weighted by Crippen LogP contribution is 2.56. The number of hydrogen-bond donors (Lipinski definition) is 1. The first-order valence-electron chi connectivity index (χ1n) is 12.0. The van der Waals surface area contributed by atoms with E-state index in [1.807, 2.05) is 32.0 Å². The third-order valence-electron chi connectivity index (χ3n) is 6.37. The van der Waals surface area contributed by atoms with Gasteiger partial charge in [-0.15, -0.1) is 0 Å². The van der Waals surface area contributed by atoms with E-state index in [-0.39, 0.29) is 26.3 Å². The number of aryl methyl sites for hydroxylation is 2. The fourth-order valence-electron chi connectivity index (χ4n) is 4.48. The number of hydrogen-bond acceptors (Lipinski definition) is 5. The number of rotatable bonds is 7. The van der Waals surface area contributed by atoms with Crippen LogP contribution in [0.4, 0.5) is 0 Å². The van der Waals surface area contributed by atoms with Gasteiger partial charge in [0.05, 0.1) is 12.7 Å². The van der Waals surface area contributed by atoms with Crippen molar-refractivity contribution in [3.8, 4) is 11.5 Å². The lowest BCUT2D eigenvalue weighted by atomic mass is 9.93. The van der Waals surface area contributed by atoms with Gasteiger partial charge in [0.25, 0.3) is 0 Å². The molecule has 1 N–H and O–H groups in total. The molecule has 3 aromatic carbocycles. The maximum Gasteiger partial charge on any atom is 0.368 e. The highest BCUT2D eigenvalue weighted by atomic mass is 35.5. The Kier molecular flexibility index (Phi) is 9.77. The summed E-state index contributed by atoms with van der Waals surface area (Å²) in [5, 5.41) is 11.1. The molecular formula is C29H35Cl2O5P. The number of benzene rings is 3. The zero-order chi connectivity index (χ0) is 26.0. The van der Waals surface area contributed by atoms with Crippen LogP contribution in [-0.4, -0.2) is 18.1 Å². The Labute approximate surface area is 230 Å². The predicted octanol–water partition coefficient (Wildman–Crippen LogP) is 9.37. The zero-order valence-electron chi connectivity index (χ0n) is 20.9. The van der Waals surface area contributed by atoms with Gasteiger partial charge < -0.3 is 14.4 Å². The number of ether oxygens (including phenoxy) is 1. The fourth-order valence-corrected chi connectivity index (χ4v) is 6.53. The summed E-state index contributed by atoms with van der Waals surface area (Å²) in [5.74, 6) is 1.18. The van der Waals surface area contributed by atoms with E-state index in [1.54, 1.807) is 24.3 Å². The number of phenolic OH excluding ortho intramolecular Hbond substituents is 1. The molecule has 5 nitrogen and oxygen atoms in total. The monoisotopic (exact) mass is 564 g/mol. The highest BCUT2D eigenvalue weighted by Gasteiger charge is 2.35. The lowest BCUT2D eigenvalue weighted by Gasteiger charge is -2.30. The minimum atomic E-state index is -3.48. The zero-order valence-corrected chi connectivity index (χ0v) is 23.3. The number of aromatic hydroxyl groups is 1. The van der Waals surface area contributed by atoms with E-state index < -0.39 is 13.7 Å². The van der Waals surface area contributed by atoms with Gasteiger partial charge in [-0.25, -0.2) is 0 Å². The van der Waals surface area contributed by atoms with Crippen LogP contribution in [0, 0.1) is 13.8 Å². The molecule has 0 saturated carbocycles. The minimum Gasteiger partial charge on any atom is -0.508 e. The normalized spacial score (nSPS) is 19.5. The Morgan fingerprint density at radius 1 is 1.05 bits per heavy atom. The smallest absolute Gasteiger partial charge is 0.368 e. The van der Waals surface area contributed by atoms with Crippen LogP contribution in [-0.2, 0) is 20.0 Å². The molecule has 3 aromatic rings. The summed E-state index contributed by atoms with van der Waals surface area (Å²) < 4.78 is 30.6. The SMILES string of the molecule is C.Cc1cc(OC[P@]2(=O)OCC[C@@H](c3cc(Cl)cc(Cl)c3)O2)cc(C)c1Cc1ccc(O)c(C(C)C)c1. The van der Waals surface area contributed by atoms with Crippen LogP contribution in [0.3, 0.4) is 0 Å². The van der Waals surface area contributed by atoms with Crippen LogP contribution in [0.2, 0.25) is 10.0 Å². The molecule has 0 spiro atoms. The highest BCUT2D eigenvalue weighted by molar-refractivity contribution is 7.53. The van der Waals surface area contributed by atoms with Crippen molar-refractivity contribution in [3.05, 3.63) is 92.0 Å². The maximum atomic E-state index is 13.3. The van der Waals surface area contributed by atoms with E-state index in [1.165, 1.54) is 5.56 Å². The van der Waals surface area contributed by atoms with Crippen molar-refractivity contribution >= 4 is 30.8 Å². The molecule has 4 rings (SSSR count). The van der Waals surface area contributed by atoms with Crippen molar-refractivity contribution in [1.82, 2.24) is 0 Å². The first-order chi connectivity index (χ1) is 17.0. The Morgan fingerprint density at radius 2 is 1.70 bits per heavy atom. The first-order valence-corrected chi connectivity index (χ1v) is 14.4. The summed E-state index contributed by atoms with van der Waals surface area (Å²) in [4.78, 5) is 0. The summed E-state index contributed by atoms with van der Waals surface area (Å²) >= 11 is 12.3. The summed E-state index contributed by atoms with van der Waals surface area (Å²) in [5.41, 5.74) is 6.17. The van der Waals surface area contributed by atoms with Gasteiger partial charge in [0.1, 0.15) is 11.5 Å². The van der Waals surface area contributed by atoms with Crippen molar-refractivity contribution in [2.24, 2.45) is 0 Å². The van der Waals surface area contributed by atoms with Crippen molar-refractivity contribution in [2.75, 3.05) is 13.0 Å². The quantitative estimate of drug-likeness (QED) is 0.289. The molecule has 200 valence electrons. The van der Waals surface area contributed by atoms with Gasteiger partial charge in [0.15, 0.2) is 6.35 Å². The van der Waals surface area contributed by atoms with Crippen molar-refractivity contribution in [2.45, 2.75) is 60.0 Å². The Morgan fingerprint density at radius 3 is 2.32 bits per heavy atom. The van der Waals surface area contributed by atoms with Gasteiger partial charge in [0, 0.05) is 16.5 Å². The third-order valence-corrected chi connectivity index (χ3v) is 8.40. The third kappa shape index (κ3) is 7.31. The second kappa shape index (κ2) is 12.2. The molecule has 0 aliphatic carbocycles. The van der Waals surface area contributed by atoms with Crippen LogP contribution >= 0.6 is 30.8 Å². The molecule has 0 bridgehead atoms. The number of phenols is 1. The average Bonchev–Trinajstić information content (AvgIpc) is 2.80. The van der Waals surface area contributed by atoms with Crippen molar-refractivity contribution in [3.63, 3.8) is 0 Å². The summed E-state index contributed by atoms with van der Waals surface area (Å²) in [7, 11) is -3.48. The second-order valence-electron chi connectivity index (χ2n) is 9.56. The molecule has 2 atom stereocenters. The molecule has 1 aliphatic heterocycles. The molecule has 1 fully saturated rings. The molecular weight excluding hydrogens is 530 g/mol. The van der Waals surface area contributed by atoms with Gasteiger partial charge in [-0.05, 0) is 96.0 Å². The first kappa shape index (κ1) is 29.5. The van der Waals surface area contributed by atoms with Gasteiger partial charge in [-0.1, -0.05) is 56.6 Å². The molecule has 37 heavy (non-hydrogen) atoms. The van der Waals surface area contributed by atoms with Crippen LogP contribution in [0.25, 0.3) is 0 Å². The molecule has 1 aliphatic rings. The Balaban J connectivity index is 0.00000380. The van der Waals surface area contributed by atoms with Crippen LogP contribution < -0.4 is 4.74 Å². The Bertz CT molecular complexity index is 1260. The molecule has 0 radical (unpaired) electrons. The second-order valence-corrected chi connectivity index (χ2v) is 12.4. The van der Waals surface area contributed by atoms with E-state index in [0.717, 1.165) is 34.2 Å². The van der Waals surface area contributed by atoms with Gasteiger partial charge in [0.2, 0.25) is 0 Å². The maximum absolute atomic E-state index is 13.3. The largest absolute Gasteiger partial charge is 0.508 e. The van der Waals surface area contributed by atoms with Crippen molar-refractivity contribution < 1.29 is 23.5 Å². The van der Waals surface area contributed by atoms with Gasteiger partial charge in [-0.3, -0.25) is 9.09 Å². The molecule has 0 aromatic heterocycles. The van der Waals surface area contributed by atoms with E-state index in [4.69, 9.17) is 37.0 Å². The van der Waals surface area contributed by atoms with E-state index >= 15 is 0 Å². The Hall–Kier alpha value is -2.01. The van der Waals surface area contributed by atoms with Crippen LogP contribution in [0.1, 0.15) is 73.1 Å². The number of halogens is 2. The lowest BCUT2D eigenvalue weighted by molar-refractivity contribution is 0.0725. The summed E-state index contributed by atoms with van der Waals surface area (Å²) in [6.07, 6.45) is 0.665. The van der Waals surface area contributed by atoms with Crippen molar-refractivity contribution in [1.29, 1.82) is 0 Å². The average molecular weight is 565 g/mol. The molecule has 0 amide bonds. The van der Waals surface area contributed by atoms with Gasteiger partial charge >= 0.3 is 7.60 Å². The van der Waals surface area contributed by atoms with Gasteiger partial charge in [-0.2, -0.15) is 0 Å². The minimum absolute atomic E-state index is 0. The molecule has 1 saturated heterocycles. The molecule has 8 heteroatoms. The standard InChI is InChI=1S/C28H31Cl2O5P.CH4/c1-17(2)25-11-20(5-6-27(25)31)12-26-18(3)9-24(10-19(26)4)33-16-36(32)34-8-7-28(35-36)21-13-22(29)15-23(30)14-21;/h5-6,9-11,13-15,17,28,31H,7-8,12,16H2,1-4H3;1H4/t28-,36-;/m0./s1. The molecule has 1 heterocycles. The molecule has 0 unspecified atom stereocenters. The lowest BCUT2D eigenvalue weighted by Crippen LogP contribution is -2.17. The topological polar surface area (TPSA) is 65.0 Å². The van der Waals surface area contributed by atoms with E-state index in [0.29, 0.717) is 28.0 Å². The fraction of sp³-hybridized carbons (Fsp3) is 0.379. The predicted molar refractivity (Wildman–Crippen MR) is 152 cm³/mol.